The second-order valence-corrected chi connectivity index (χ2v) is 8.34. The molecule has 2 fully saturated rings. The van der Waals surface area contributed by atoms with Crippen molar-refractivity contribution in [3.05, 3.63) is 16.1 Å². The molecule has 0 unspecified atom stereocenters. The standard InChI is InChI=1S/C19H32N4OS/c1-3-17-12-21-18(25-17)13-22-19(20-2)23-10-8-16(9-11-23)24-14-15-6-4-5-7-15/h12,15-16H,3-11,13-14H2,1-2H3,(H,20,22). The third-order valence-corrected chi connectivity index (χ3v) is 6.48. The lowest BCUT2D eigenvalue weighted by molar-refractivity contribution is 0.00101. The van der Waals surface area contributed by atoms with Crippen molar-refractivity contribution in [1.82, 2.24) is 15.2 Å². The van der Waals surface area contributed by atoms with Crippen LogP contribution in [0.5, 0.6) is 0 Å². The highest BCUT2D eigenvalue weighted by molar-refractivity contribution is 7.11. The van der Waals surface area contributed by atoms with Crippen LogP contribution in [0.1, 0.15) is 55.3 Å². The number of aliphatic imine (C=N–C) groups is 1. The van der Waals surface area contributed by atoms with Gasteiger partial charge in [0.2, 0.25) is 0 Å². The van der Waals surface area contributed by atoms with Crippen molar-refractivity contribution in [3.63, 3.8) is 0 Å². The topological polar surface area (TPSA) is 49.8 Å². The van der Waals surface area contributed by atoms with Crippen molar-refractivity contribution in [2.45, 2.75) is 64.5 Å². The van der Waals surface area contributed by atoms with E-state index in [9.17, 15) is 0 Å². The molecule has 0 atom stereocenters. The van der Waals surface area contributed by atoms with Crippen molar-refractivity contribution in [2.24, 2.45) is 10.9 Å². The van der Waals surface area contributed by atoms with E-state index in [0.29, 0.717) is 6.10 Å². The van der Waals surface area contributed by atoms with Crippen LogP contribution in [0.4, 0.5) is 0 Å². The number of thiazole rings is 1. The quantitative estimate of drug-likeness (QED) is 0.620. The summed E-state index contributed by atoms with van der Waals surface area (Å²) in [6, 6.07) is 0. The molecule has 140 valence electrons. The lowest BCUT2D eigenvalue weighted by Gasteiger charge is -2.34. The highest BCUT2D eigenvalue weighted by Crippen LogP contribution is 2.26. The molecule has 25 heavy (non-hydrogen) atoms. The Hall–Kier alpha value is -1.14. The second-order valence-electron chi connectivity index (χ2n) is 7.14. The van der Waals surface area contributed by atoms with E-state index in [2.05, 4.69) is 27.1 Å². The highest BCUT2D eigenvalue weighted by Gasteiger charge is 2.23. The van der Waals surface area contributed by atoms with Crippen LogP contribution in [0.3, 0.4) is 0 Å². The first-order chi connectivity index (χ1) is 12.3. The van der Waals surface area contributed by atoms with Gasteiger partial charge in [-0.15, -0.1) is 11.3 Å². The van der Waals surface area contributed by atoms with E-state index in [1.165, 1.54) is 30.6 Å². The zero-order valence-corrected chi connectivity index (χ0v) is 16.5. The van der Waals surface area contributed by atoms with Crippen LogP contribution in [0.25, 0.3) is 0 Å². The molecule has 1 saturated carbocycles. The third-order valence-electron chi connectivity index (χ3n) is 5.34. The normalized spacial score (nSPS) is 20.4. The zero-order valence-electron chi connectivity index (χ0n) is 15.7. The van der Waals surface area contributed by atoms with Crippen LogP contribution in [0.2, 0.25) is 0 Å². The third kappa shape index (κ3) is 5.42. The lowest BCUT2D eigenvalue weighted by Crippen LogP contribution is -2.46. The Balaban J connectivity index is 1.39. The number of nitrogens with one attached hydrogen (secondary N) is 1. The molecule has 6 heteroatoms. The number of piperidine rings is 1. The molecule has 1 aliphatic heterocycles. The van der Waals surface area contributed by atoms with Gasteiger partial charge in [0.05, 0.1) is 12.6 Å². The van der Waals surface area contributed by atoms with Crippen LogP contribution in [0.15, 0.2) is 11.2 Å². The van der Waals surface area contributed by atoms with E-state index in [-0.39, 0.29) is 0 Å². The van der Waals surface area contributed by atoms with Gasteiger partial charge in [-0.05, 0) is 38.0 Å². The molecule has 2 heterocycles. The van der Waals surface area contributed by atoms with Gasteiger partial charge in [0.25, 0.3) is 0 Å². The maximum absolute atomic E-state index is 6.18. The van der Waals surface area contributed by atoms with E-state index in [0.717, 1.165) is 62.4 Å². The molecule has 0 radical (unpaired) electrons. The minimum Gasteiger partial charge on any atom is -0.378 e. The molecule has 5 nitrogen and oxygen atoms in total. The Morgan fingerprint density at radius 2 is 2.08 bits per heavy atom. The van der Waals surface area contributed by atoms with E-state index in [4.69, 9.17) is 4.74 Å². The molecule has 2 aliphatic rings. The molecule has 0 amide bonds. The Morgan fingerprint density at radius 3 is 2.72 bits per heavy atom. The zero-order chi connectivity index (χ0) is 17.5. The van der Waals surface area contributed by atoms with E-state index >= 15 is 0 Å². The van der Waals surface area contributed by atoms with E-state index < -0.39 is 0 Å². The smallest absolute Gasteiger partial charge is 0.193 e. The number of aryl methyl sites for hydroxylation is 1. The van der Waals surface area contributed by atoms with Gasteiger partial charge in [0.1, 0.15) is 5.01 Å². The SMILES string of the molecule is CCc1cnc(CNC(=NC)N2CCC(OCC3CCCC3)CC2)s1. The molecule has 1 saturated heterocycles. The summed E-state index contributed by atoms with van der Waals surface area (Å²) in [5.41, 5.74) is 0. The fourth-order valence-corrected chi connectivity index (χ4v) is 4.57. The summed E-state index contributed by atoms with van der Waals surface area (Å²) in [7, 11) is 1.87. The Bertz CT molecular complexity index is 545. The number of hydrogen-bond donors (Lipinski definition) is 1. The van der Waals surface area contributed by atoms with Gasteiger partial charge in [0, 0.05) is 37.8 Å². The summed E-state index contributed by atoms with van der Waals surface area (Å²) in [6.07, 6.45) is 11.2. The highest BCUT2D eigenvalue weighted by atomic mass is 32.1. The summed E-state index contributed by atoms with van der Waals surface area (Å²) in [5, 5.41) is 4.60. The average molecular weight is 365 g/mol. The van der Waals surface area contributed by atoms with Crippen molar-refractivity contribution in [3.8, 4) is 0 Å². The Morgan fingerprint density at radius 1 is 1.32 bits per heavy atom. The molecule has 1 aromatic rings. The summed E-state index contributed by atoms with van der Waals surface area (Å²) < 4.78 is 6.18. The second kappa shape index (κ2) is 9.53. The van der Waals surface area contributed by atoms with Crippen molar-refractivity contribution >= 4 is 17.3 Å². The first-order valence-corrected chi connectivity index (χ1v) is 10.6. The molecule has 1 N–H and O–H groups in total. The van der Waals surface area contributed by atoms with Gasteiger partial charge in [0.15, 0.2) is 5.96 Å². The van der Waals surface area contributed by atoms with Crippen LogP contribution in [0, 0.1) is 5.92 Å². The number of aromatic nitrogens is 1. The van der Waals surface area contributed by atoms with Gasteiger partial charge < -0.3 is 15.0 Å². The maximum atomic E-state index is 6.18. The number of rotatable bonds is 6. The van der Waals surface area contributed by atoms with Gasteiger partial charge in [-0.1, -0.05) is 19.8 Å². The first kappa shape index (κ1) is 18.6. The van der Waals surface area contributed by atoms with Crippen LogP contribution >= 0.6 is 11.3 Å². The van der Waals surface area contributed by atoms with Crippen molar-refractivity contribution in [1.29, 1.82) is 0 Å². The van der Waals surface area contributed by atoms with Crippen molar-refractivity contribution in [2.75, 3.05) is 26.7 Å². The predicted octanol–water partition coefficient (Wildman–Crippen LogP) is 3.45. The number of likely N-dealkylation sites (tertiary alicyclic amines) is 1. The summed E-state index contributed by atoms with van der Waals surface area (Å²) in [4.78, 5) is 12.6. The molecule has 1 aliphatic carbocycles. The average Bonchev–Trinajstić information content (AvgIpc) is 3.33. The molecular weight excluding hydrogens is 332 g/mol. The van der Waals surface area contributed by atoms with Gasteiger partial charge in [-0.25, -0.2) is 4.98 Å². The summed E-state index contributed by atoms with van der Waals surface area (Å²) in [6.45, 7) is 5.94. The molecule has 0 spiro atoms. The van der Waals surface area contributed by atoms with Crippen LogP contribution in [-0.4, -0.2) is 48.7 Å². The summed E-state index contributed by atoms with van der Waals surface area (Å²) in [5.74, 6) is 1.81. The molecule has 1 aromatic heterocycles. The number of nitrogens with zero attached hydrogens (tertiary/aromatic N) is 3. The maximum Gasteiger partial charge on any atom is 0.193 e. The minimum absolute atomic E-state index is 0.432. The number of hydrogen-bond acceptors (Lipinski definition) is 4. The van der Waals surface area contributed by atoms with E-state index in [1.54, 1.807) is 11.3 Å². The lowest BCUT2D eigenvalue weighted by atomic mass is 10.1. The number of ether oxygens (including phenoxy) is 1. The predicted molar refractivity (Wildman–Crippen MR) is 104 cm³/mol. The van der Waals surface area contributed by atoms with Crippen molar-refractivity contribution < 1.29 is 4.74 Å². The largest absolute Gasteiger partial charge is 0.378 e. The van der Waals surface area contributed by atoms with Crippen LogP contribution < -0.4 is 5.32 Å². The minimum atomic E-state index is 0.432. The molecule has 0 aromatic carbocycles. The van der Waals surface area contributed by atoms with Crippen LogP contribution in [-0.2, 0) is 17.7 Å². The monoisotopic (exact) mass is 364 g/mol. The molecular formula is C19H32N4OS. The molecule has 3 rings (SSSR count). The number of guanidine groups is 1. The fraction of sp³-hybridized carbons (Fsp3) is 0.789. The first-order valence-electron chi connectivity index (χ1n) is 9.79. The van der Waals surface area contributed by atoms with Gasteiger partial charge in [-0.3, -0.25) is 4.99 Å². The summed E-state index contributed by atoms with van der Waals surface area (Å²) >= 11 is 1.78. The fourth-order valence-electron chi connectivity index (χ4n) is 3.76. The Kier molecular flexibility index (Phi) is 7.11. The van der Waals surface area contributed by atoms with Gasteiger partial charge in [-0.2, -0.15) is 0 Å². The van der Waals surface area contributed by atoms with Gasteiger partial charge >= 0.3 is 0 Å². The Labute approximate surface area is 155 Å². The van der Waals surface area contributed by atoms with E-state index in [1.807, 2.05) is 13.2 Å². The molecule has 0 bridgehead atoms.